The van der Waals surface area contributed by atoms with E-state index in [2.05, 4.69) is 36.2 Å². The second-order valence-electron chi connectivity index (χ2n) is 8.25. The zero-order valence-electron chi connectivity index (χ0n) is 19.5. The monoisotopic (exact) mass is 476 g/mol. The highest BCUT2D eigenvalue weighted by Crippen LogP contribution is 2.26. The maximum Gasteiger partial charge on any atom is 0.287 e. The van der Waals surface area contributed by atoms with Gasteiger partial charge in [-0.25, -0.2) is 9.97 Å². The summed E-state index contributed by atoms with van der Waals surface area (Å²) in [6.07, 6.45) is 1.57. The predicted molar refractivity (Wildman–Crippen MR) is 133 cm³/mol. The summed E-state index contributed by atoms with van der Waals surface area (Å²) in [7, 11) is 2.04. The second-order valence-corrected chi connectivity index (χ2v) is 9.19. The summed E-state index contributed by atoms with van der Waals surface area (Å²) >= 11 is 1.49. The van der Waals surface area contributed by atoms with Crippen molar-refractivity contribution < 1.29 is 13.6 Å². The quantitative estimate of drug-likeness (QED) is 0.234. The van der Waals surface area contributed by atoms with E-state index in [9.17, 15) is 4.79 Å². The molecule has 0 aliphatic heterocycles. The van der Waals surface area contributed by atoms with Crippen LogP contribution in [0.3, 0.4) is 0 Å². The van der Waals surface area contributed by atoms with Gasteiger partial charge in [0.15, 0.2) is 10.9 Å². The molecule has 0 bridgehead atoms. The van der Waals surface area contributed by atoms with Crippen LogP contribution in [0, 0.1) is 0 Å². The molecule has 3 aromatic heterocycles. The highest BCUT2D eigenvalue weighted by molar-refractivity contribution is 7.98. The van der Waals surface area contributed by atoms with E-state index in [4.69, 9.17) is 18.8 Å². The fraction of sp³-hybridized carbons (Fsp3) is 0.269. The van der Waals surface area contributed by atoms with Gasteiger partial charge in [0.1, 0.15) is 17.3 Å². The Hall–Kier alpha value is -3.52. The molecule has 0 spiro atoms. The Morgan fingerprint density at radius 1 is 1.06 bits per heavy atom. The second kappa shape index (κ2) is 11.1. The van der Waals surface area contributed by atoms with E-state index in [0.717, 1.165) is 18.1 Å². The molecule has 0 radical (unpaired) electrons. The Bertz CT molecular complexity index is 1210. The van der Waals surface area contributed by atoms with Crippen LogP contribution in [-0.2, 0) is 18.8 Å². The van der Waals surface area contributed by atoms with Crippen molar-refractivity contribution in [2.45, 2.75) is 43.8 Å². The number of hydrogen-bond donors (Lipinski definition) is 1. The van der Waals surface area contributed by atoms with Crippen LogP contribution in [0.1, 0.15) is 53.1 Å². The average Bonchev–Trinajstić information content (AvgIpc) is 3.54. The van der Waals surface area contributed by atoms with Gasteiger partial charge in [-0.05, 0) is 35.7 Å². The molecule has 4 aromatic rings. The van der Waals surface area contributed by atoms with Crippen molar-refractivity contribution in [3.8, 4) is 0 Å². The van der Waals surface area contributed by atoms with Crippen molar-refractivity contribution in [3.63, 3.8) is 0 Å². The van der Waals surface area contributed by atoms with E-state index < -0.39 is 0 Å². The number of nitrogens with one attached hydrogen (secondary N) is 1. The highest BCUT2D eigenvalue weighted by atomic mass is 32.2. The molecule has 0 fully saturated rings. The zero-order chi connectivity index (χ0) is 23.9. The van der Waals surface area contributed by atoms with Gasteiger partial charge in [-0.2, -0.15) is 0 Å². The van der Waals surface area contributed by atoms with E-state index >= 15 is 0 Å². The number of thioether (sulfide) groups is 1. The summed E-state index contributed by atoms with van der Waals surface area (Å²) in [6, 6.07) is 19.4. The highest BCUT2D eigenvalue weighted by Gasteiger charge is 2.15. The molecule has 8 heteroatoms. The lowest BCUT2D eigenvalue weighted by Gasteiger charge is -2.20. The first-order valence-corrected chi connectivity index (χ1v) is 12.1. The SMILES string of the molecule is CC(C)c1cc(N(C)Cc2ccccc2)nc(SCc2ccc(C(=O)NCc3ccco3)o2)n1. The number of carbonyl (C=O) groups is 1. The van der Waals surface area contributed by atoms with Crippen LogP contribution < -0.4 is 10.2 Å². The molecule has 0 saturated heterocycles. The molecule has 0 atom stereocenters. The van der Waals surface area contributed by atoms with Crippen LogP contribution >= 0.6 is 11.8 Å². The molecule has 0 aliphatic carbocycles. The predicted octanol–water partition coefficient (Wildman–Crippen LogP) is 5.64. The fourth-order valence-electron chi connectivity index (χ4n) is 3.31. The lowest BCUT2D eigenvalue weighted by Crippen LogP contribution is -2.21. The average molecular weight is 477 g/mol. The van der Waals surface area contributed by atoms with Crippen LogP contribution in [0.4, 0.5) is 5.82 Å². The summed E-state index contributed by atoms with van der Waals surface area (Å²) in [5.41, 5.74) is 2.21. The number of benzene rings is 1. The maximum atomic E-state index is 12.3. The van der Waals surface area contributed by atoms with Crippen molar-refractivity contribution in [2.75, 3.05) is 11.9 Å². The molecular formula is C26H28N4O3S. The van der Waals surface area contributed by atoms with Gasteiger partial charge in [0.25, 0.3) is 5.91 Å². The maximum absolute atomic E-state index is 12.3. The van der Waals surface area contributed by atoms with E-state index in [0.29, 0.717) is 29.0 Å². The number of furan rings is 2. The van der Waals surface area contributed by atoms with Crippen LogP contribution in [-0.4, -0.2) is 22.9 Å². The molecule has 4 rings (SSSR count). The summed E-state index contributed by atoms with van der Waals surface area (Å²) in [5, 5.41) is 3.47. The van der Waals surface area contributed by atoms with Crippen molar-refractivity contribution in [1.82, 2.24) is 15.3 Å². The Morgan fingerprint density at radius 3 is 2.62 bits per heavy atom. The van der Waals surface area contributed by atoms with Crippen molar-refractivity contribution in [1.29, 1.82) is 0 Å². The third kappa shape index (κ3) is 6.29. The zero-order valence-corrected chi connectivity index (χ0v) is 20.3. The third-order valence-electron chi connectivity index (χ3n) is 5.19. The lowest BCUT2D eigenvalue weighted by atomic mass is 10.1. The van der Waals surface area contributed by atoms with Gasteiger partial charge < -0.3 is 19.1 Å². The van der Waals surface area contributed by atoms with Crippen molar-refractivity contribution >= 4 is 23.5 Å². The molecule has 3 heterocycles. The van der Waals surface area contributed by atoms with Gasteiger partial charge in [-0.15, -0.1) is 0 Å². The number of nitrogens with zero attached hydrogens (tertiary/aromatic N) is 3. The number of aromatic nitrogens is 2. The fourth-order valence-corrected chi connectivity index (χ4v) is 4.06. The number of carbonyl (C=O) groups excluding carboxylic acids is 1. The summed E-state index contributed by atoms with van der Waals surface area (Å²) in [6.45, 7) is 5.32. The van der Waals surface area contributed by atoms with Gasteiger partial charge in [0, 0.05) is 25.4 Å². The first kappa shape index (κ1) is 23.6. The van der Waals surface area contributed by atoms with Gasteiger partial charge in [0.2, 0.25) is 0 Å². The molecule has 34 heavy (non-hydrogen) atoms. The lowest BCUT2D eigenvalue weighted by molar-refractivity contribution is 0.0919. The minimum Gasteiger partial charge on any atom is -0.467 e. The van der Waals surface area contributed by atoms with Gasteiger partial charge in [-0.3, -0.25) is 4.79 Å². The van der Waals surface area contributed by atoms with Crippen LogP contribution in [0.15, 0.2) is 80.9 Å². The van der Waals surface area contributed by atoms with E-state index in [-0.39, 0.29) is 17.6 Å². The Kier molecular flexibility index (Phi) is 7.69. The molecular weight excluding hydrogens is 448 g/mol. The van der Waals surface area contributed by atoms with Gasteiger partial charge in [0.05, 0.1) is 18.6 Å². The van der Waals surface area contributed by atoms with E-state index in [1.165, 1.54) is 17.3 Å². The summed E-state index contributed by atoms with van der Waals surface area (Å²) in [4.78, 5) is 24.0. The molecule has 1 N–H and O–H groups in total. The van der Waals surface area contributed by atoms with E-state index in [1.54, 1.807) is 24.5 Å². The Balaban J connectivity index is 1.40. The number of hydrogen-bond acceptors (Lipinski definition) is 7. The molecule has 0 saturated carbocycles. The van der Waals surface area contributed by atoms with Crippen molar-refractivity contribution in [3.05, 3.63) is 95.5 Å². The topological polar surface area (TPSA) is 84.4 Å². The molecule has 1 aromatic carbocycles. The molecule has 0 unspecified atom stereocenters. The molecule has 7 nitrogen and oxygen atoms in total. The standard InChI is InChI=1S/C26H28N4O3S/c1-18(2)22-14-24(30(3)16-19-8-5-4-6-9-19)29-26(28-22)34-17-21-11-12-23(33-21)25(31)27-15-20-10-7-13-32-20/h4-14,18H,15-17H2,1-3H3,(H,27,31). The number of anilines is 1. The Labute approximate surface area is 203 Å². The molecule has 1 amide bonds. The normalized spacial score (nSPS) is 11.1. The first-order chi connectivity index (χ1) is 16.5. The summed E-state index contributed by atoms with van der Waals surface area (Å²) < 4.78 is 11.0. The van der Waals surface area contributed by atoms with Crippen molar-refractivity contribution in [2.24, 2.45) is 0 Å². The summed E-state index contributed by atoms with van der Waals surface area (Å²) in [5.74, 6) is 3.03. The molecule has 176 valence electrons. The van der Waals surface area contributed by atoms with Gasteiger partial charge in [-0.1, -0.05) is 55.9 Å². The smallest absolute Gasteiger partial charge is 0.287 e. The Morgan fingerprint density at radius 2 is 1.88 bits per heavy atom. The number of amides is 1. The van der Waals surface area contributed by atoms with Gasteiger partial charge >= 0.3 is 0 Å². The minimum atomic E-state index is -0.282. The van der Waals surface area contributed by atoms with Crippen LogP contribution in [0.25, 0.3) is 0 Å². The molecule has 0 aliphatic rings. The van der Waals surface area contributed by atoms with Crippen LogP contribution in [0.2, 0.25) is 0 Å². The largest absolute Gasteiger partial charge is 0.467 e. The first-order valence-electron chi connectivity index (χ1n) is 11.1. The number of rotatable bonds is 10. The minimum absolute atomic E-state index is 0.266. The van der Waals surface area contributed by atoms with Crippen LogP contribution in [0.5, 0.6) is 0 Å². The third-order valence-corrected chi connectivity index (χ3v) is 6.06. The van der Waals surface area contributed by atoms with E-state index in [1.807, 2.05) is 37.4 Å².